The lowest BCUT2D eigenvalue weighted by Gasteiger charge is -2.12. The summed E-state index contributed by atoms with van der Waals surface area (Å²) in [4.78, 5) is 10.4. The molecule has 0 aliphatic heterocycles. The first-order valence-electron chi connectivity index (χ1n) is 6.22. The number of nitro groups is 1. The fourth-order valence-electron chi connectivity index (χ4n) is 2.09. The maximum absolute atomic E-state index is 10.9. The molecule has 20 heavy (non-hydrogen) atoms. The zero-order valence-electron chi connectivity index (χ0n) is 11.3. The number of hydrogen-bond donors (Lipinski definition) is 1. The zero-order chi connectivity index (χ0) is 14.7. The molecule has 0 bridgehead atoms. The summed E-state index contributed by atoms with van der Waals surface area (Å²) in [5, 5.41) is 14.3. The SMILES string of the molecule is Cc1cccc(C)c1NCc1ccc(Cl)c([N+](=O)[O-])c1. The quantitative estimate of drug-likeness (QED) is 0.667. The Hall–Kier alpha value is -2.07. The molecule has 0 spiro atoms. The van der Waals surface area contributed by atoms with Crippen LogP contribution in [-0.4, -0.2) is 4.92 Å². The van der Waals surface area contributed by atoms with E-state index in [0.717, 1.165) is 22.4 Å². The van der Waals surface area contributed by atoms with Gasteiger partial charge in [-0.25, -0.2) is 0 Å². The minimum absolute atomic E-state index is 0.0625. The number of halogens is 1. The van der Waals surface area contributed by atoms with Gasteiger partial charge in [0, 0.05) is 18.3 Å². The van der Waals surface area contributed by atoms with E-state index in [1.807, 2.05) is 32.0 Å². The Labute approximate surface area is 122 Å². The molecule has 2 aromatic rings. The van der Waals surface area contributed by atoms with Crippen molar-refractivity contribution in [3.63, 3.8) is 0 Å². The molecule has 0 atom stereocenters. The van der Waals surface area contributed by atoms with E-state index in [1.54, 1.807) is 12.1 Å². The molecule has 2 rings (SSSR count). The van der Waals surface area contributed by atoms with Gasteiger partial charge in [0.25, 0.3) is 5.69 Å². The van der Waals surface area contributed by atoms with Gasteiger partial charge in [0.15, 0.2) is 0 Å². The molecule has 0 aliphatic carbocycles. The Morgan fingerprint density at radius 2 is 1.85 bits per heavy atom. The molecule has 0 fully saturated rings. The third-order valence-corrected chi connectivity index (χ3v) is 3.48. The van der Waals surface area contributed by atoms with Crippen LogP contribution in [0.25, 0.3) is 0 Å². The topological polar surface area (TPSA) is 55.2 Å². The molecule has 1 N–H and O–H groups in total. The maximum atomic E-state index is 10.9. The van der Waals surface area contributed by atoms with Crippen molar-refractivity contribution in [2.75, 3.05) is 5.32 Å². The summed E-state index contributed by atoms with van der Waals surface area (Å²) in [6.07, 6.45) is 0. The van der Waals surface area contributed by atoms with Gasteiger partial charge in [0.2, 0.25) is 0 Å². The first kappa shape index (κ1) is 14.3. The van der Waals surface area contributed by atoms with Crippen molar-refractivity contribution in [2.24, 2.45) is 0 Å². The number of nitro benzene ring substituents is 1. The second-order valence-electron chi connectivity index (χ2n) is 4.66. The minimum atomic E-state index is -0.467. The summed E-state index contributed by atoms with van der Waals surface area (Å²) in [5.41, 5.74) is 4.11. The highest BCUT2D eigenvalue weighted by molar-refractivity contribution is 6.32. The average molecular weight is 291 g/mol. The molecule has 0 heterocycles. The summed E-state index contributed by atoms with van der Waals surface area (Å²) >= 11 is 5.80. The van der Waals surface area contributed by atoms with Crippen LogP contribution in [0, 0.1) is 24.0 Å². The van der Waals surface area contributed by atoms with Crippen molar-refractivity contribution in [1.82, 2.24) is 0 Å². The predicted molar refractivity (Wildman–Crippen MR) is 81.3 cm³/mol. The van der Waals surface area contributed by atoms with Crippen LogP contribution in [0.15, 0.2) is 36.4 Å². The van der Waals surface area contributed by atoms with E-state index in [9.17, 15) is 10.1 Å². The summed E-state index contributed by atoms with van der Waals surface area (Å²) in [6, 6.07) is 10.9. The normalized spacial score (nSPS) is 10.3. The van der Waals surface area contributed by atoms with Gasteiger partial charge in [-0.3, -0.25) is 10.1 Å². The van der Waals surface area contributed by atoms with Gasteiger partial charge in [-0.05, 0) is 36.6 Å². The van der Waals surface area contributed by atoms with Gasteiger partial charge in [0.1, 0.15) is 5.02 Å². The lowest BCUT2D eigenvalue weighted by atomic mass is 10.1. The Bertz CT molecular complexity index is 636. The lowest BCUT2D eigenvalue weighted by molar-refractivity contribution is -0.384. The number of rotatable bonds is 4. The smallest absolute Gasteiger partial charge is 0.288 e. The van der Waals surface area contributed by atoms with Crippen molar-refractivity contribution in [3.05, 3.63) is 68.2 Å². The molecule has 0 amide bonds. The van der Waals surface area contributed by atoms with Crippen LogP contribution in [0.3, 0.4) is 0 Å². The van der Waals surface area contributed by atoms with Crippen molar-refractivity contribution in [2.45, 2.75) is 20.4 Å². The highest BCUT2D eigenvalue weighted by Crippen LogP contribution is 2.26. The van der Waals surface area contributed by atoms with Crippen LogP contribution < -0.4 is 5.32 Å². The van der Waals surface area contributed by atoms with Gasteiger partial charge in [-0.15, -0.1) is 0 Å². The number of hydrogen-bond acceptors (Lipinski definition) is 3. The van der Waals surface area contributed by atoms with E-state index >= 15 is 0 Å². The predicted octanol–water partition coefficient (Wildman–Crippen LogP) is 4.48. The Morgan fingerprint density at radius 1 is 1.20 bits per heavy atom. The van der Waals surface area contributed by atoms with Crippen LogP contribution in [0.5, 0.6) is 0 Å². The fraction of sp³-hybridized carbons (Fsp3) is 0.200. The second kappa shape index (κ2) is 5.92. The van der Waals surface area contributed by atoms with Crippen molar-refractivity contribution < 1.29 is 4.92 Å². The second-order valence-corrected chi connectivity index (χ2v) is 5.07. The Morgan fingerprint density at radius 3 is 2.45 bits per heavy atom. The summed E-state index contributed by atoms with van der Waals surface area (Å²) in [7, 11) is 0. The van der Waals surface area contributed by atoms with E-state index in [0.29, 0.717) is 6.54 Å². The summed E-state index contributed by atoms with van der Waals surface area (Å²) in [6.45, 7) is 4.57. The Balaban J connectivity index is 2.19. The molecule has 0 radical (unpaired) electrons. The number of anilines is 1. The molecule has 5 heteroatoms. The molecule has 0 saturated heterocycles. The number of nitrogens with zero attached hydrogens (tertiary/aromatic N) is 1. The third-order valence-electron chi connectivity index (χ3n) is 3.16. The fourth-order valence-corrected chi connectivity index (χ4v) is 2.28. The van der Waals surface area contributed by atoms with E-state index in [2.05, 4.69) is 5.32 Å². The third kappa shape index (κ3) is 3.08. The van der Waals surface area contributed by atoms with Gasteiger partial charge < -0.3 is 5.32 Å². The average Bonchev–Trinajstić information content (AvgIpc) is 2.39. The monoisotopic (exact) mass is 290 g/mol. The van der Waals surface area contributed by atoms with Gasteiger partial charge in [-0.1, -0.05) is 35.9 Å². The molecule has 0 unspecified atom stereocenters. The molecule has 0 aromatic heterocycles. The van der Waals surface area contributed by atoms with Crippen LogP contribution in [-0.2, 0) is 6.54 Å². The molecule has 0 aliphatic rings. The van der Waals surface area contributed by atoms with Crippen LogP contribution in [0.4, 0.5) is 11.4 Å². The molecule has 2 aromatic carbocycles. The van der Waals surface area contributed by atoms with Crippen LogP contribution in [0.2, 0.25) is 5.02 Å². The molecule has 104 valence electrons. The summed E-state index contributed by atoms with van der Waals surface area (Å²) < 4.78 is 0. The van der Waals surface area contributed by atoms with E-state index in [4.69, 9.17) is 11.6 Å². The highest BCUT2D eigenvalue weighted by atomic mass is 35.5. The van der Waals surface area contributed by atoms with Crippen LogP contribution in [0.1, 0.15) is 16.7 Å². The summed E-state index contributed by atoms with van der Waals surface area (Å²) in [5.74, 6) is 0. The minimum Gasteiger partial charge on any atom is -0.381 e. The molecule has 4 nitrogen and oxygen atoms in total. The first-order valence-corrected chi connectivity index (χ1v) is 6.59. The van der Waals surface area contributed by atoms with Gasteiger partial charge >= 0.3 is 0 Å². The van der Waals surface area contributed by atoms with Crippen molar-refractivity contribution in [3.8, 4) is 0 Å². The first-order chi connectivity index (χ1) is 9.49. The number of para-hydroxylation sites is 1. The lowest BCUT2D eigenvalue weighted by Crippen LogP contribution is -2.03. The van der Waals surface area contributed by atoms with Crippen molar-refractivity contribution >= 4 is 23.0 Å². The molecular formula is C15H15ClN2O2. The standard InChI is InChI=1S/C15H15ClN2O2/c1-10-4-3-5-11(2)15(10)17-9-12-6-7-13(16)14(8-12)18(19)20/h3-8,17H,9H2,1-2H3. The number of nitrogens with one attached hydrogen (secondary N) is 1. The maximum Gasteiger partial charge on any atom is 0.288 e. The molecular weight excluding hydrogens is 276 g/mol. The van der Waals surface area contributed by atoms with E-state index in [1.165, 1.54) is 6.07 Å². The van der Waals surface area contributed by atoms with E-state index < -0.39 is 4.92 Å². The zero-order valence-corrected chi connectivity index (χ0v) is 12.1. The van der Waals surface area contributed by atoms with Crippen LogP contribution >= 0.6 is 11.6 Å². The molecule has 0 saturated carbocycles. The van der Waals surface area contributed by atoms with Crippen molar-refractivity contribution in [1.29, 1.82) is 0 Å². The largest absolute Gasteiger partial charge is 0.381 e. The van der Waals surface area contributed by atoms with E-state index in [-0.39, 0.29) is 10.7 Å². The Kier molecular flexibility index (Phi) is 4.25. The highest BCUT2D eigenvalue weighted by Gasteiger charge is 2.12. The number of aryl methyl sites for hydroxylation is 2. The number of benzene rings is 2. The van der Waals surface area contributed by atoms with Gasteiger partial charge in [-0.2, -0.15) is 0 Å². The van der Waals surface area contributed by atoms with Gasteiger partial charge in [0.05, 0.1) is 4.92 Å².